The highest BCUT2D eigenvalue weighted by atomic mass is 16.5. The molecule has 182 valence electrons. The van der Waals surface area contributed by atoms with Gasteiger partial charge in [-0.2, -0.15) is 0 Å². The molecule has 1 aromatic rings. The number of ether oxygens (including phenoxy) is 1. The van der Waals surface area contributed by atoms with Gasteiger partial charge in [0.1, 0.15) is 12.5 Å². The second kappa shape index (κ2) is 15.3. The van der Waals surface area contributed by atoms with Gasteiger partial charge in [0.2, 0.25) is 0 Å². The van der Waals surface area contributed by atoms with Gasteiger partial charge in [-0.1, -0.05) is 55.3 Å². The second-order valence-electron chi connectivity index (χ2n) is 8.78. The number of hydrogen-bond acceptors (Lipinski definition) is 4. The van der Waals surface area contributed by atoms with E-state index in [2.05, 4.69) is 23.8 Å². The first kappa shape index (κ1) is 26.7. The number of carboxylic acids is 1. The van der Waals surface area contributed by atoms with Crippen molar-refractivity contribution in [2.45, 2.75) is 89.1 Å². The van der Waals surface area contributed by atoms with E-state index in [9.17, 15) is 14.7 Å². The number of fused-ring (bicyclic) bond motifs is 2. The molecule has 33 heavy (non-hydrogen) atoms. The standard InChI is InChI=1S/C19H22O4.C9H17N.H2/c1-2-3-4-5-6-7-11-14-18(20)23-15-17(19(21)22)16-12-9-8-10-13-16;1-10-8-4-2-5-9(10)7-3-6-8;/h2-3,8-10,12-13,17H,4-5,11,14-15H2,1H3,(H,21,22);8-9H,2-7H2,1H3;1H/b3-2+;;. The lowest BCUT2D eigenvalue weighted by molar-refractivity contribution is -0.148. The van der Waals surface area contributed by atoms with Crippen LogP contribution in [0.1, 0.15) is 84.0 Å². The SMILES string of the molecule is C/C=C/CCC#CCCC(=O)OCC(C(=O)O)c1ccccc1.CN1C2CCCC1CCC2.[HH]. The second-order valence-corrected chi connectivity index (χ2v) is 8.78. The number of carbonyl (C=O) groups excluding carboxylic acids is 1. The Kier molecular flexibility index (Phi) is 12.4. The van der Waals surface area contributed by atoms with Gasteiger partial charge in [-0.25, -0.2) is 0 Å². The van der Waals surface area contributed by atoms with Crippen LogP contribution in [0.25, 0.3) is 0 Å². The molecule has 1 aromatic carbocycles. The summed E-state index contributed by atoms with van der Waals surface area (Å²) in [7, 11) is 2.31. The predicted molar refractivity (Wildman–Crippen MR) is 134 cm³/mol. The molecule has 0 amide bonds. The number of aliphatic carboxylic acids is 1. The van der Waals surface area contributed by atoms with Gasteiger partial charge in [0.05, 0.1) is 6.42 Å². The molecular weight excluding hydrogens is 414 g/mol. The number of piperidine rings is 2. The molecule has 0 aliphatic carbocycles. The van der Waals surface area contributed by atoms with Crippen molar-refractivity contribution in [1.82, 2.24) is 4.90 Å². The largest absolute Gasteiger partial charge is 0.481 e. The van der Waals surface area contributed by atoms with Gasteiger partial charge >= 0.3 is 11.9 Å². The Morgan fingerprint density at radius 2 is 1.73 bits per heavy atom. The highest BCUT2D eigenvalue weighted by molar-refractivity contribution is 5.77. The molecule has 3 rings (SSSR count). The number of benzene rings is 1. The molecule has 2 heterocycles. The van der Waals surface area contributed by atoms with Gasteiger partial charge in [0, 0.05) is 26.4 Å². The number of nitrogens with zero attached hydrogens (tertiary/aromatic N) is 1. The van der Waals surface area contributed by atoms with Crippen molar-refractivity contribution in [3.8, 4) is 11.8 Å². The quantitative estimate of drug-likeness (QED) is 0.232. The number of carboxylic acid groups (broad SMARTS) is 1. The molecular formula is C28H41NO4. The van der Waals surface area contributed by atoms with E-state index in [0.717, 1.165) is 24.9 Å². The Morgan fingerprint density at radius 3 is 2.27 bits per heavy atom. The summed E-state index contributed by atoms with van der Waals surface area (Å²) in [6, 6.07) is 10.7. The van der Waals surface area contributed by atoms with Gasteiger partial charge in [-0.15, -0.1) is 11.8 Å². The molecule has 0 spiro atoms. The first-order valence-corrected chi connectivity index (χ1v) is 12.2. The molecule has 0 radical (unpaired) electrons. The minimum absolute atomic E-state index is 0. The highest BCUT2D eigenvalue weighted by Crippen LogP contribution is 2.31. The minimum Gasteiger partial charge on any atom is -0.481 e. The zero-order valence-electron chi connectivity index (χ0n) is 20.2. The van der Waals surface area contributed by atoms with Crippen LogP contribution in [0.4, 0.5) is 0 Å². The van der Waals surface area contributed by atoms with Crippen LogP contribution in [-0.2, 0) is 14.3 Å². The van der Waals surface area contributed by atoms with Crippen LogP contribution in [0.5, 0.6) is 0 Å². The average molecular weight is 456 g/mol. The maximum absolute atomic E-state index is 11.6. The lowest BCUT2D eigenvalue weighted by atomic mass is 9.85. The summed E-state index contributed by atoms with van der Waals surface area (Å²) < 4.78 is 5.07. The molecule has 1 N–H and O–H groups in total. The Morgan fingerprint density at radius 1 is 1.12 bits per heavy atom. The normalized spacial score (nSPS) is 20.7. The maximum Gasteiger partial charge on any atom is 0.314 e. The van der Waals surface area contributed by atoms with Crippen molar-refractivity contribution >= 4 is 11.9 Å². The summed E-state index contributed by atoms with van der Waals surface area (Å²) in [5.41, 5.74) is 0.622. The molecule has 5 heteroatoms. The first-order valence-electron chi connectivity index (χ1n) is 12.2. The Labute approximate surface area is 200 Å². The lowest BCUT2D eigenvalue weighted by Gasteiger charge is -2.43. The van der Waals surface area contributed by atoms with Crippen LogP contribution in [0, 0.1) is 11.8 Å². The fourth-order valence-corrected chi connectivity index (χ4v) is 4.49. The molecule has 0 aromatic heterocycles. The van der Waals surface area contributed by atoms with Crippen LogP contribution in [-0.4, -0.2) is 47.7 Å². The van der Waals surface area contributed by atoms with Crippen molar-refractivity contribution < 1.29 is 20.9 Å². The third-order valence-corrected chi connectivity index (χ3v) is 6.46. The lowest BCUT2D eigenvalue weighted by Crippen LogP contribution is -2.46. The first-order chi connectivity index (χ1) is 16.0. The van der Waals surface area contributed by atoms with Gasteiger partial charge < -0.3 is 14.7 Å². The highest BCUT2D eigenvalue weighted by Gasteiger charge is 2.30. The number of unbranched alkanes of at least 4 members (excludes halogenated alkanes) is 1. The van der Waals surface area contributed by atoms with E-state index in [1.165, 1.54) is 38.5 Å². The van der Waals surface area contributed by atoms with Crippen molar-refractivity contribution in [2.24, 2.45) is 0 Å². The molecule has 2 aliphatic rings. The fourth-order valence-electron chi connectivity index (χ4n) is 4.49. The van der Waals surface area contributed by atoms with E-state index >= 15 is 0 Å². The molecule has 2 aliphatic heterocycles. The number of allylic oxidation sites excluding steroid dienone is 2. The Bertz CT molecular complexity index is 793. The smallest absolute Gasteiger partial charge is 0.314 e. The van der Waals surface area contributed by atoms with Crippen molar-refractivity contribution in [3.05, 3.63) is 48.0 Å². The van der Waals surface area contributed by atoms with Crippen molar-refractivity contribution in [2.75, 3.05) is 13.7 Å². The van der Waals surface area contributed by atoms with Crippen LogP contribution in [0.3, 0.4) is 0 Å². The van der Waals surface area contributed by atoms with Gasteiger partial charge in [-0.3, -0.25) is 9.59 Å². The number of hydrogen-bond donors (Lipinski definition) is 1. The zero-order chi connectivity index (χ0) is 23.9. The summed E-state index contributed by atoms with van der Waals surface area (Å²) in [4.78, 5) is 25.5. The molecule has 2 bridgehead atoms. The Hall–Kier alpha value is -2.58. The van der Waals surface area contributed by atoms with Crippen molar-refractivity contribution in [3.63, 3.8) is 0 Å². The van der Waals surface area contributed by atoms with E-state index in [-0.39, 0.29) is 14.5 Å². The van der Waals surface area contributed by atoms with Crippen LogP contribution in [0.15, 0.2) is 42.5 Å². The number of carbonyl (C=O) groups is 2. The van der Waals surface area contributed by atoms with Gasteiger partial charge in [0.25, 0.3) is 0 Å². The fraction of sp³-hybridized carbons (Fsp3) is 0.571. The third kappa shape index (κ3) is 9.84. The van der Waals surface area contributed by atoms with Crippen LogP contribution in [0.2, 0.25) is 0 Å². The summed E-state index contributed by atoms with van der Waals surface area (Å²) in [5.74, 6) is 3.63. The molecule has 1 unspecified atom stereocenters. The van der Waals surface area contributed by atoms with E-state index < -0.39 is 17.9 Å². The maximum atomic E-state index is 11.6. The van der Waals surface area contributed by atoms with E-state index in [0.29, 0.717) is 12.0 Å². The Balaban J connectivity index is 0.000000433. The summed E-state index contributed by atoms with van der Waals surface area (Å²) in [6.07, 6.45) is 15.1. The van der Waals surface area contributed by atoms with Gasteiger partial charge in [0.15, 0.2) is 0 Å². The predicted octanol–water partition coefficient (Wildman–Crippen LogP) is 5.81. The van der Waals surface area contributed by atoms with Crippen molar-refractivity contribution in [1.29, 1.82) is 0 Å². The minimum atomic E-state index is -1.01. The number of rotatable bonds is 8. The molecule has 2 fully saturated rings. The molecule has 0 saturated carbocycles. The van der Waals surface area contributed by atoms with E-state index in [1.54, 1.807) is 24.3 Å². The van der Waals surface area contributed by atoms with Crippen LogP contribution < -0.4 is 0 Å². The van der Waals surface area contributed by atoms with E-state index in [4.69, 9.17) is 4.74 Å². The third-order valence-electron chi connectivity index (χ3n) is 6.46. The zero-order valence-corrected chi connectivity index (χ0v) is 20.2. The molecule has 1 atom stereocenters. The average Bonchev–Trinajstić information content (AvgIpc) is 2.79. The topological polar surface area (TPSA) is 66.8 Å². The summed E-state index contributed by atoms with van der Waals surface area (Å²) >= 11 is 0. The van der Waals surface area contributed by atoms with Gasteiger partial charge in [-0.05, 0) is 51.6 Å². The monoisotopic (exact) mass is 455 g/mol. The number of esters is 1. The van der Waals surface area contributed by atoms with E-state index in [1.807, 2.05) is 25.1 Å². The van der Waals surface area contributed by atoms with Crippen LogP contribution >= 0.6 is 0 Å². The summed E-state index contributed by atoms with van der Waals surface area (Å²) in [6.45, 7) is 1.80. The molecule has 2 saturated heterocycles. The molecule has 5 nitrogen and oxygen atoms in total. The summed E-state index contributed by atoms with van der Waals surface area (Å²) in [5, 5.41) is 9.24.